The lowest BCUT2D eigenvalue weighted by Gasteiger charge is -2.08. The van der Waals surface area contributed by atoms with Crippen LogP contribution in [0.1, 0.15) is 6.92 Å². The normalized spacial score (nSPS) is 11.6. The molecule has 0 saturated heterocycles. The molecular formula is C13H17NO4S. The van der Waals surface area contributed by atoms with Gasteiger partial charge in [0, 0.05) is 0 Å². The van der Waals surface area contributed by atoms with Crippen LogP contribution in [-0.4, -0.2) is 41.1 Å². The Morgan fingerprint density at radius 2 is 2.05 bits per heavy atom. The van der Waals surface area contributed by atoms with Crippen molar-refractivity contribution in [2.24, 2.45) is 0 Å². The number of hydrogen-bond acceptors (Lipinski definition) is 4. The number of aliphatic carboxylic acids is 1. The highest BCUT2D eigenvalue weighted by Gasteiger charge is 2.13. The first-order valence-electron chi connectivity index (χ1n) is 5.88. The van der Waals surface area contributed by atoms with E-state index < -0.39 is 11.2 Å². The molecule has 1 rings (SSSR count). The molecule has 5 nitrogen and oxygen atoms in total. The molecule has 0 spiro atoms. The lowest BCUT2D eigenvalue weighted by molar-refractivity contribution is -0.136. The summed E-state index contributed by atoms with van der Waals surface area (Å²) in [6.45, 7) is 2.34. The molecule has 0 saturated carbocycles. The summed E-state index contributed by atoms with van der Waals surface area (Å²) in [6, 6.07) is 9.32. The average Bonchev–Trinajstić information content (AvgIpc) is 2.42. The highest BCUT2D eigenvalue weighted by atomic mass is 32.2. The van der Waals surface area contributed by atoms with E-state index in [4.69, 9.17) is 9.84 Å². The first kappa shape index (κ1) is 15.4. The van der Waals surface area contributed by atoms with Gasteiger partial charge in [-0.25, -0.2) is 0 Å². The summed E-state index contributed by atoms with van der Waals surface area (Å²) in [4.78, 5) is 22.0. The van der Waals surface area contributed by atoms with Crippen LogP contribution in [0.15, 0.2) is 30.3 Å². The van der Waals surface area contributed by atoms with Crippen molar-refractivity contribution < 1.29 is 19.4 Å². The van der Waals surface area contributed by atoms with Crippen LogP contribution in [-0.2, 0) is 9.59 Å². The molecule has 0 fully saturated rings. The molecule has 6 heteroatoms. The van der Waals surface area contributed by atoms with Crippen LogP contribution in [0.5, 0.6) is 5.75 Å². The van der Waals surface area contributed by atoms with Crippen molar-refractivity contribution in [3.63, 3.8) is 0 Å². The highest BCUT2D eigenvalue weighted by Crippen LogP contribution is 2.09. The van der Waals surface area contributed by atoms with Crippen molar-refractivity contribution >= 4 is 23.6 Å². The number of carboxylic acids is 1. The molecular weight excluding hydrogens is 266 g/mol. The standard InChI is InChI=1S/C13H17NO4S/c1-10(13(16)17)19-9-12(15)14-7-8-18-11-5-3-2-4-6-11/h2-6,10H,7-9H2,1H3,(H,14,15)(H,16,17). The zero-order valence-electron chi connectivity index (χ0n) is 10.7. The van der Waals surface area contributed by atoms with Crippen molar-refractivity contribution in [3.05, 3.63) is 30.3 Å². The second-order valence-corrected chi connectivity index (χ2v) is 5.13. The third-order valence-electron chi connectivity index (χ3n) is 2.25. The third-order valence-corrected chi connectivity index (χ3v) is 3.38. The van der Waals surface area contributed by atoms with E-state index in [1.165, 1.54) is 0 Å². The first-order valence-corrected chi connectivity index (χ1v) is 6.93. The molecule has 1 aromatic rings. The Balaban J connectivity index is 2.09. The maximum Gasteiger partial charge on any atom is 0.316 e. The molecule has 2 N–H and O–H groups in total. The number of benzene rings is 1. The molecule has 0 aliphatic rings. The van der Waals surface area contributed by atoms with Gasteiger partial charge in [-0.2, -0.15) is 0 Å². The summed E-state index contributed by atoms with van der Waals surface area (Å²) in [5.74, 6) is -0.204. The molecule has 1 amide bonds. The van der Waals surface area contributed by atoms with Crippen molar-refractivity contribution in [1.29, 1.82) is 0 Å². The predicted octanol–water partition coefficient (Wildman–Crippen LogP) is 1.39. The molecule has 0 radical (unpaired) electrons. The van der Waals surface area contributed by atoms with Gasteiger partial charge < -0.3 is 15.2 Å². The average molecular weight is 283 g/mol. The second kappa shape index (κ2) is 8.42. The van der Waals surface area contributed by atoms with Crippen LogP contribution in [0.3, 0.4) is 0 Å². The maximum atomic E-state index is 11.4. The van der Waals surface area contributed by atoms with E-state index >= 15 is 0 Å². The minimum Gasteiger partial charge on any atom is -0.492 e. The summed E-state index contributed by atoms with van der Waals surface area (Å²) in [5, 5.41) is 10.8. The van der Waals surface area contributed by atoms with Gasteiger partial charge in [0.2, 0.25) is 5.91 Å². The summed E-state index contributed by atoms with van der Waals surface area (Å²) >= 11 is 1.09. The van der Waals surface area contributed by atoms with Gasteiger partial charge >= 0.3 is 5.97 Å². The Bertz CT molecular complexity index is 410. The highest BCUT2D eigenvalue weighted by molar-refractivity contribution is 8.01. The lowest BCUT2D eigenvalue weighted by Crippen LogP contribution is -2.30. The van der Waals surface area contributed by atoms with E-state index in [1.807, 2.05) is 30.3 Å². The zero-order valence-corrected chi connectivity index (χ0v) is 11.5. The SMILES string of the molecule is CC(SCC(=O)NCCOc1ccccc1)C(=O)O. The number of amides is 1. The van der Waals surface area contributed by atoms with Crippen molar-refractivity contribution in [1.82, 2.24) is 5.32 Å². The van der Waals surface area contributed by atoms with Gasteiger partial charge in [-0.1, -0.05) is 18.2 Å². The molecule has 0 bridgehead atoms. The van der Waals surface area contributed by atoms with E-state index in [0.29, 0.717) is 13.2 Å². The van der Waals surface area contributed by atoms with E-state index in [2.05, 4.69) is 5.32 Å². The number of carboxylic acid groups (broad SMARTS) is 1. The van der Waals surface area contributed by atoms with E-state index in [0.717, 1.165) is 17.5 Å². The second-order valence-electron chi connectivity index (χ2n) is 3.80. The van der Waals surface area contributed by atoms with Gasteiger partial charge in [-0.05, 0) is 19.1 Å². The monoisotopic (exact) mass is 283 g/mol. The number of para-hydroxylation sites is 1. The van der Waals surface area contributed by atoms with Crippen LogP contribution in [0.2, 0.25) is 0 Å². The fraction of sp³-hybridized carbons (Fsp3) is 0.385. The Morgan fingerprint density at radius 1 is 1.37 bits per heavy atom. The van der Waals surface area contributed by atoms with E-state index in [-0.39, 0.29) is 11.7 Å². The number of thioether (sulfide) groups is 1. The lowest BCUT2D eigenvalue weighted by atomic mass is 10.3. The topological polar surface area (TPSA) is 75.6 Å². The minimum atomic E-state index is -0.912. The van der Waals surface area contributed by atoms with Crippen molar-refractivity contribution in [2.75, 3.05) is 18.9 Å². The van der Waals surface area contributed by atoms with Crippen LogP contribution < -0.4 is 10.1 Å². The smallest absolute Gasteiger partial charge is 0.316 e. The Labute approximate surface area is 116 Å². The van der Waals surface area contributed by atoms with Gasteiger partial charge in [0.1, 0.15) is 12.4 Å². The summed E-state index contributed by atoms with van der Waals surface area (Å²) in [7, 11) is 0. The molecule has 0 aromatic heterocycles. The fourth-order valence-corrected chi connectivity index (χ4v) is 1.85. The van der Waals surface area contributed by atoms with Gasteiger partial charge in [-0.3, -0.25) is 9.59 Å². The Hall–Kier alpha value is -1.69. The van der Waals surface area contributed by atoms with Gasteiger partial charge in [0.25, 0.3) is 0 Å². The number of ether oxygens (including phenoxy) is 1. The van der Waals surface area contributed by atoms with Crippen LogP contribution >= 0.6 is 11.8 Å². The molecule has 1 aromatic carbocycles. The van der Waals surface area contributed by atoms with E-state index in [1.54, 1.807) is 6.92 Å². The maximum absolute atomic E-state index is 11.4. The molecule has 0 aliphatic carbocycles. The Kier molecular flexibility index (Phi) is 6.81. The van der Waals surface area contributed by atoms with E-state index in [9.17, 15) is 9.59 Å². The van der Waals surface area contributed by atoms with Crippen LogP contribution in [0.4, 0.5) is 0 Å². The zero-order chi connectivity index (χ0) is 14.1. The quantitative estimate of drug-likeness (QED) is 0.705. The molecule has 1 unspecified atom stereocenters. The van der Waals surface area contributed by atoms with Gasteiger partial charge in [0.05, 0.1) is 17.5 Å². The van der Waals surface area contributed by atoms with Crippen molar-refractivity contribution in [2.45, 2.75) is 12.2 Å². The molecule has 0 heterocycles. The summed E-state index contributed by atoms with van der Waals surface area (Å²) < 4.78 is 5.40. The molecule has 19 heavy (non-hydrogen) atoms. The Morgan fingerprint density at radius 3 is 2.68 bits per heavy atom. The number of carbonyl (C=O) groups excluding carboxylic acids is 1. The summed E-state index contributed by atoms with van der Waals surface area (Å²) in [5.41, 5.74) is 0. The molecule has 104 valence electrons. The predicted molar refractivity (Wildman–Crippen MR) is 74.5 cm³/mol. The number of carbonyl (C=O) groups is 2. The molecule has 1 atom stereocenters. The van der Waals surface area contributed by atoms with Crippen LogP contribution in [0, 0.1) is 0 Å². The van der Waals surface area contributed by atoms with Crippen LogP contribution in [0.25, 0.3) is 0 Å². The molecule has 0 aliphatic heterocycles. The third kappa shape index (κ3) is 6.71. The minimum absolute atomic E-state index is 0.138. The largest absolute Gasteiger partial charge is 0.492 e. The number of nitrogens with one attached hydrogen (secondary N) is 1. The first-order chi connectivity index (χ1) is 9.09. The van der Waals surface area contributed by atoms with Gasteiger partial charge in [-0.15, -0.1) is 11.8 Å². The number of hydrogen-bond donors (Lipinski definition) is 2. The van der Waals surface area contributed by atoms with Gasteiger partial charge in [0.15, 0.2) is 0 Å². The summed E-state index contributed by atoms with van der Waals surface area (Å²) in [6.07, 6.45) is 0. The van der Waals surface area contributed by atoms with Crippen molar-refractivity contribution in [3.8, 4) is 5.75 Å². The number of rotatable bonds is 8. The fourth-order valence-electron chi connectivity index (χ4n) is 1.20.